The van der Waals surface area contributed by atoms with Crippen LogP contribution in [-0.2, 0) is 11.3 Å². The van der Waals surface area contributed by atoms with Gasteiger partial charge in [0.25, 0.3) is 0 Å². The molecule has 0 bridgehead atoms. The topological polar surface area (TPSA) is 48.5 Å². The number of nitrogens with zero attached hydrogens (tertiary/aromatic N) is 3. The van der Waals surface area contributed by atoms with E-state index in [1.165, 1.54) is 0 Å². The summed E-state index contributed by atoms with van der Waals surface area (Å²) in [6.07, 6.45) is 4.27. The minimum atomic E-state index is 0.171. The molecule has 0 aliphatic carbocycles. The zero-order valence-corrected chi connectivity index (χ0v) is 15.3. The third-order valence-electron chi connectivity index (χ3n) is 4.45. The van der Waals surface area contributed by atoms with Crippen LogP contribution in [0.15, 0.2) is 42.7 Å². The van der Waals surface area contributed by atoms with Gasteiger partial charge in [0.15, 0.2) is 0 Å². The minimum absolute atomic E-state index is 0.171. The van der Waals surface area contributed by atoms with Crippen molar-refractivity contribution < 1.29 is 4.79 Å². The van der Waals surface area contributed by atoms with Crippen LogP contribution in [0, 0.1) is 5.92 Å². The fraction of sp³-hybridized carbons (Fsp3) is 0.368. The van der Waals surface area contributed by atoms with Crippen molar-refractivity contribution in [3.8, 4) is 0 Å². The smallest absolute Gasteiger partial charge is 0.227 e. The van der Waals surface area contributed by atoms with E-state index in [-0.39, 0.29) is 5.91 Å². The van der Waals surface area contributed by atoms with Crippen molar-refractivity contribution in [2.45, 2.75) is 13.0 Å². The molecule has 1 unspecified atom stereocenters. The Kier molecular flexibility index (Phi) is 5.56. The lowest BCUT2D eigenvalue weighted by atomic mass is 10.1. The van der Waals surface area contributed by atoms with Crippen molar-refractivity contribution in [1.82, 2.24) is 10.3 Å². The van der Waals surface area contributed by atoms with Crippen molar-refractivity contribution in [2.24, 2.45) is 5.92 Å². The third kappa shape index (κ3) is 4.30. The van der Waals surface area contributed by atoms with Gasteiger partial charge in [0, 0.05) is 74.5 Å². The number of benzene rings is 1. The number of anilines is 2. The summed E-state index contributed by atoms with van der Waals surface area (Å²) < 4.78 is 0. The second kappa shape index (κ2) is 7.85. The minimum Gasteiger partial charge on any atom is -0.377 e. The van der Waals surface area contributed by atoms with Gasteiger partial charge in [-0.25, -0.2) is 0 Å². The molecule has 1 saturated heterocycles. The van der Waals surface area contributed by atoms with Crippen LogP contribution in [0.5, 0.6) is 0 Å². The molecule has 1 aromatic heterocycles. The molecule has 1 atom stereocenters. The summed E-state index contributed by atoms with van der Waals surface area (Å²) in [7, 11) is 4.05. The molecule has 1 aliphatic heterocycles. The largest absolute Gasteiger partial charge is 0.377 e. The van der Waals surface area contributed by atoms with Gasteiger partial charge in [-0.1, -0.05) is 11.6 Å². The fourth-order valence-electron chi connectivity index (χ4n) is 3.19. The van der Waals surface area contributed by atoms with Crippen molar-refractivity contribution in [3.63, 3.8) is 0 Å². The number of nitrogens with one attached hydrogen (secondary N) is 1. The molecular weight excluding hydrogens is 336 g/mol. The van der Waals surface area contributed by atoms with E-state index in [2.05, 4.69) is 15.2 Å². The molecule has 132 valence electrons. The first-order chi connectivity index (χ1) is 12.0. The van der Waals surface area contributed by atoms with Crippen LogP contribution in [0.4, 0.5) is 11.4 Å². The van der Waals surface area contributed by atoms with Crippen LogP contribution in [-0.4, -0.2) is 38.1 Å². The highest BCUT2D eigenvalue weighted by Crippen LogP contribution is 2.26. The average molecular weight is 359 g/mol. The first-order valence-corrected chi connectivity index (χ1v) is 8.79. The second-order valence-electron chi connectivity index (χ2n) is 6.58. The average Bonchev–Trinajstić information content (AvgIpc) is 2.96. The quantitative estimate of drug-likeness (QED) is 0.862. The number of pyridine rings is 1. The van der Waals surface area contributed by atoms with Crippen LogP contribution in [0.3, 0.4) is 0 Å². The van der Waals surface area contributed by atoms with E-state index < -0.39 is 0 Å². The van der Waals surface area contributed by atoms with Crippen molar-refractivity contribution in [2.75, 3.05) is 37.0 Å². The normalized spacial score (nSPS) is 17.2. The first-order valence-electron chi connectivity index (χ1n) is 8.41. The van der Waals surface area contributed by atoms with Gasteiger partial charge in [0.2, 0.25) is 5.91 Å². The first kappa shape index (κ1) is 17.7. The molecule has 0 spiro atoms. The Labute approximate surface area is 153 Å². The van der Waals surface area contributed by atoms with Gasteiger partial charge in [-0.15, -0.1) is 0 Å². The van der Waals surface area contributed by atoms with Gasteiger partial charge in [0.1, 0.15) is 0 Å². The molecule has 1 aromatic carbocycles. The Balaban J connectivity index is 1.55. The predicted molar refractivity (Wildman–Crippen MR) is 102 cm³/mol. The Morgan fingerprint density at radius 2 is 2.04 bits per heavy atom. The van der Waals surface area contributed by atoms with Gasteiger partial charge < -0.3 is 15.1 Å². The highest BCUT2D eigenvalue weighted by molar-refractivity contribution is 6.30. The Morgan fingerprint density at radius 3 is 2.76 bits per heavy atom. The summed E-state index contributed by atoms with van der Waals surface area (Å²) in [6.45, 7) is 2.28. The molecule has 1 amide bonds. The maximum Gasteiger partial charge on any atom is 0.227 e. The second-order valence-corrected chi connectivity index (χ2v) is 7.02. The molecule has 25 heavy (non-hydrogen) atoms. The van der Waals surface area contributed by atoms with E-state index in [0.717, 1.165) is 36.6 Å². The number of carbonyl (C=O) groups is 1. The number of hydrogen-bond acceptors (Lipinski definition) is 4. The van der Waals surface area contributed by atoms with E-state index in [1.807, 2.05) is 55.5 Å². The molecule has 1 fully saturated rings. The third-order valence-corrected chi connectivity index (χ3v) is 4.70. The Hall–Kier alpha value is -2.11. The monoisotopic (exact) mass is 358 g/mol. The molecule has 1 N–H and O–H groups in total. The highest BCUT2D eigenvalue weighted by atomic mass is 35.5. The van der Waals surface area contributed by atoms with Crippen LogP contribution in [0.2, 0.25) is 5.02 Å². The van der Waals surface area contributed by atoms with E-state index in [0.29, 0.717) is 17.4 Å². The van der Waals surface area contributed by atoms with Crippen LogP contribution >= 0.6 is 11.6 Å². The van der Waals surface area contributed by atoms with Gasteiger partial charge in [-0.3, -0.25) is 9.78 Å². The SMILES string of the molecule is CN(C)c1ccncc1CNCC1CC(=O)N(c2ccc(Cl)cc2)C1. The summed E-state index contributed by atoms with van der Waals surface area (Å²) in [6, 6.07) is 9.45. The number of halogens is 1. The molecule has 0 radical (unpaired) electrons. The number of amides is 1. The van der Waals surface area contributed by atoms with Gasteiger partial charge >= 0.3 is 0 Å². The molecule has 0 saturated carbocycles. The van der Waals surface area contributed by atoms with Crippen molar-refractivity contribution >= 4 is 28.9 Å². The lowest BCUT2D eigenvalue weighted by Crippen LogP contribution is -2.27. The molecule has 5 nitrogen and oxygen atoms in total. The van der Waals surface area contributed by atoms with Crippen molar-refractivity contribution in [1.29, 1.82) is 0 Å². The van der Waals surface area contributed by atoms with Crippen LogP contribution < -0.4 is 15.1 Å². The standard InChI is InChI=1S/C19H23ClN4O/c1-23(2)18-7-8-21-11-15(18)12-22-10-14-9-19(25)24(13-14)17-5-3-16(20)4-6-17/h3-8,11,14,22H,9-10,12-13H2,1-2H3. The Morgan fingerprint density at radius 1 is 1.28 bits per heavy atom. The van der Waals surface area contributed by atoms with E-state index in [1.54, 1.807) is 6.20 Å². The molecule has 3 rings (SSSR count). The van der Waals surface area contributed by atoms with E-state index in [9.17, 15) is 4.79 Å². The van der Waals surface area contributed by atoms with Crippen LogP contribution in [0.25, 0.3) is 0 Å². The molecular formula is C19H23ClN4O. The number of aromatic nitrogens is 1. The fourth-order valence-corrected chi connectivity index (χ4v) is 3.32. The summed E-state index contributed by atoms with van der Waals surface area (Å²) >= 11 is 5.92. The molecule has 1 aliphatic rings. The maximum absolute atomic E-state index is 12.3. The Bertz CT molecular complexity index is 732. The van der Waals surface area contributed by atoms with Gasteiger partial charge in [-0.2, -0.15) is 0 Å². The summed E-state index contributed by atoms with van der Waals surface area (Å²) in [5.41, 5.74) is 3.23. The lowest BCUT2D eigenvalue weighted by Gasteiger charge is -2.19. The molecule has 6 heteroatoms. The highest BCUT2D eigenvalue weighted by Gasteiger charge is 2.30. The maximum atomic E-state index is 12.3. The van der Waals surface area contributed by atoms with E-state index >= 15 is 0 Å². The van der Waals surface area contributed by atoms with Gasteiger partial charge in [0.05, 0.1) is 0 Å². The molecule has 2 aromatic rings. The van der Waals surface area contributed by atoms with Gasteiger partial charge in [-0.05, 0) is 36.2 Å². The lowest BCUT2D eigenvalue weighted by molar-refractivity contribution is -0.117. The summed E-state index contributed by atoms with van der Waals surface area (Å²) in [5.74, 6) is 0.479. The zero-order valence-electron chi connectivity index (χ0n) is 14.6. The summed E-state index contributed by atoms with van der Waals surface area (Å²) in [4.78, 5) is 20.4. The zero-order chi connectivity index (χ0) is 17.8. The van der Waals surface area contributed by atoms with Crippen LogP contribution in [0.1, 0.15) is 12.0 Å². The molecule has 2 heterocycles. The van der Waals surface area contributed by atoms with Crippen molar-refractivity contribution in [3.05, 3.63) is 53.3 Å². The number of hydrogen-bond donors (Lipinski definition) is 1. The number of carbonyl (C=O) groups excluding carboxylic acids is 1. The van der Waals surface area contributed by atoms with E-state index in [4.69, 9.17) is 11.6 Å². The predicted octanol–water partition coefficient (Wildman–Crippen LogP) is 2.94. The summed E-state index contributed by atoms with van der Waals surface area (Å²) in [5, 5.41) is 4.16. The number of rotatable bonds is 6.